The van der Waals surface area contributed by atoms with E-state index >= 15 is 0 Å². The predicted molar refractivity (Wildman–Crippen MR) is 205 cm³/mol. The molecular weight excluding hydrogens is 597 g/mol. The molecule has 0 aliphatic carbocycles. The molecule has 11 rings (SSSR count). The molecule has 0 saturated carbocycles. The fraction of sp³-hybridized carbons (Fsp3) is 0. The van der Waals surface area contributed by atoms with Gasteiger partial charge < -0.3 is 13.6 Å². The van der Waals surface area contributed by atoms with Crippen LogP contribution in [0, 0.1) is 0 Å². The molecule has 0 N–H and O–H groups in total. The zero-order valence-electron chi connectivity index (χ0n) is 26.5. The van der Waals surface area contributed by atoms with Crippen molar-refractivity contribution in [2.24, 2.45) is 0 Å². The lowest BCUT2D eigenvalue weighted by atomic mass is 10.0. The van der Waals surface area contributed by atoms with Crippen LogP contribution in [0.3, 0.4) is 0 Å². The standard InChI is InChI=1S/C46H28N2O/c1-2-12-31(13-3-1)47-40-19-8-6-15-35(40)37-27-28-41-43(45(37)47)39-26-23-29-11-4-5-14-33(29)44(39)48(41)32-24-21-30(22-25-32)34-17-10-18-38-36-16-7-9-20-42(36)49-46(34)38/h1-28H. The first kappa shape index (κ1) is 26.5. The van der Waals surface area contributed by atoms with Crippen LogP contribution in [0.5, 0.6) is 0 Å². The molecule has 0 aliphatic rings. The monoisotopic (exact) mass is 624 g/mol. The molecule has 0 atom stereocenters. The summed E-state index contributed by atoms with van der Waals surface area (Å²) in [6.45, 7) is 0. The summed E-state index contributed by atoms with van der Waals surface area (Å²) in [6, 6.07) is 61.2. The van der Waals surface area contributed by atoms with Gasteiger partial charge in [-0.05, 0) is 53.4 Å². The molecule has 11 aromatic rings. The lowest BCUT2D eigenvalue weighted by molar-refractivity contribution is 0.670. The molecule has 0 radical (unpaired) electrons. The van der Waals surface area contributed by atoms with Crippen molar-refractivity contribution in [3.8, 4) is 22.5 Å². The third kappa shape index (κ3) is 3.67. The van der Waals surface area contributed by atoms with Crippen LogP contribution < -0.4 is 0 Å². The molecule has 0 bridgehead atoms. The number of fused-ring (bicyclic) bond motifs is 12. The number of hydrogen-bond acceptors (Lipinski definition) is 1. The van der Waals surface area contributed by atoms with E-state index in [1.165, 1.54) is 54.4 Å². The van der Waals surface area contributed by atoms with E-state index in [1.807, 2.05) is 12.1 Å². The van der Waals surface area contributed by atoms with Gasteiger partial charge in [-0.25, -0.2) is 0 Å². The highest BCUT2D eigenvalue weighted by Crippen LogP contribution is 2.44. The third-order valence-corrected chi connectivity index (χ3v) is 10.3. The number of hydrogen-bond donors (Lipinski definition) is 0. The molecule has 0 amide bonds. The number of benzene rings is 8. The van der Waals surface area contributed by atoms with E-state index in [9.17, 15) is 0 Å². The van der Waals surface area contributed by atoms with E-state index < -0.39 is 0 Å². The number of aromatic nitrogens is 2. The van der Waals surface area contributed by atoms with Crippen molar-refractivity contribution in [2.75, 3.05) is 0 Å². The molecule has 0 spiro atoms. The highest BCUT2D eigenvalue weighted by Gasteiger charge is 2.22. The summed E-state index contributed by atoms with van der Waals surface area (Å²) < 4.78 is 11.3. The van der Waals surface area contributed by atoms with Crippen molar-refractivity contribution >= 4 is 76.3 Å². The summed E-state index contributed by atoms with van der Waals surface area (Å²) in [4.78, 5) is 0. The van der Waals surface area contributed by atoms with Crippen LogP contribution in [-0.4, -0.2) is 9.13 Å². The minimum atomic E-state index is 0.915. The number of para-hydroxylation sites is 4. The Morgan fingerprint density at radius 3 is 1.92 bits per heavy atom. The predicted octanol–water partition coefficient (Wildman–Crippen LogP) is 12.6. The van der Waals surface area contributed by atoms with E-state index in [1.54, 1.807) is 0 Å². The van der Waals surface area contributed by atoms with Crippen LogP contribution in [0.15, 0.2) is 174 Å². The summed E-state index contributed by atoms with van der Waals surface area (Å²) in [5, 5.41) is 9.78. The van der Waals surface area contributed by atoms with Gasteiger partial charge in [0.05, 0.1) is 22.1 Å². The number of rotatable bonds is 3. The van der Waals surface area contributed by atoms with Crippen molar-refractivity contribution < 1.29 is 4.42 Å². The van der Waals surface area contributed by atoms with E-state index in [2.05, 4.69) is 167 Å². The Balaban J connectivity index is 1.22. The Morgan fingerprint density at radius 1 is 0.367 bits per heavy atom. The van der Waals surface area contributed by atoms with Gasteiger partial charge in [-0.3, -0.25) is 0 Å². The second-order valence-electron chi connectivity index (χ2n) is 12.9. The Bertz CT molecular complexity index is 3090. The molecule has 0 fully saturated rings. The van der Waals surface area contributed by atoms with Gasteiger partial charge in [0.25, 0.3) is 0 Å². The summed E-state index contributed by atoms with van der Waals surface area (Å²) >= 11 is 0. The lowest BCUT2D eigenvalue weighted by Crippen LogP contribution is -1.95. The van der Waals surface area contributed by atoms with Crippen molar-refractivity contribution in [1.29, 1.82) is 0 Å². The Morgan fingerprint density at radius 2 is 1.04 bits per heavy atom. The highest BCUT2D eigenvalue weighted by atomic mass is 16.3. The maximum Gasteiger partial charge on any atom is 0.143 e. The molecule has 3 nitrogen and oxygen atoms in total. The zero-order chi connectivity index (χ0) is 32.1. The molecule has 3 heterocycles. The van der Waals surface area contributed by atoms with Gasteiger partial charge in [0.1, 0.15) is 11.2 Å². The third-order valence-electron chi connectivity index (χ3n) is 10.3. The quantitative estimate of drug-likeness (QED) is 0.192. The van der Waals surface area contributed by atoms with Gasteiger partial charge in [0, 0.05) is 54.6 Å². The van der Waals surface area contributed by atoms with Crippen molar-refractivity contribution in [3.05, 3.63) is 170 Å². The van der Waals surface area contributed by atoms with Crippen LogP contribution in [-0.2, 0) is 0 Å². The van der Waals surface area contributed by atoms with Gasteiger partial charge in [-0.1, -0.05) is 127 Å². The average Bonchev–Trinajstić information content (AvgIpc) is 3.83. The van der Waals surface area contributed by atoms with E-state index in [-0.39, 0.29) is 0 Å². The topological polar surface area (TPSA) is 23.0 Å². The minimum Gasteiger partial charge on any atom is -0.455 e. The first-order valence-electron chi connectivity index (χ1n) is 16.8. The molecular formula is C46H28N2O. The van der Waals surface area contributed by atoms with E-state index in [0.717, 1.165) is 44.4 Å². The summed E-state index contributed by atoms with van der Waals surface area (Å²) in [7, 11) is 0. The van der Waals surface area contributed by atoms with Gasteiger partial charge in [0.15, 0.2) is 0 Å². The largest absolute Gasteiger partial charge is 0.455 e. The zero-order valence-corrected chi connectivity index (χ0v) is 26.5. The Kier molecular flexibility index (Phi) is 5.38. The van der Waals surface area contributed by atoms with Crippen LogP contribution in [0.4, 0.5) is 0 Å². The normalized spacial score (nSPS) is 12.1. The first-order chi connectivity index (χ1) is 24.3. The van der Waals surface area contributed by atoms with Gasteiger partial charge in [-0.15, -0.1) is 0 Å². The summed E-state index contributed by atoms with van der Waals surface area (Å²) in [5.74, 6) is 0. The minimum absolute atomic E-state index is 0.915. The molecule has 3 aromatic heterocycles. The van der Waals surface area contributed by atoms with Crippen molar-refractivity contribution in [1.82, 2.24) is 9.13 Å². The second kappa shape index (κ2) is 9.96. The SMILES string of the molecule is c1ccc(-n2c3ccccc3c3ccc4c(c5ccc6ccccc6c5n4-c4ccc(-c5cccc6c5oc5ccccc56)cc4)c32)cc1. The van der Waals surface area contributed by atoms with Crippen LogP contribution in [0.25, 0.3) is 98.8 Å². The maximum absolute atomic E-state index is 6.41. The molecule has 8 aromatic carbocycles. The van der Waals surface area contributed by atoms with Gasteiger partial charge in [-0.2, -0.15) is 0 Å². The summed E-state index contributed by atoms with van der Waals surface area (Å²) in [6.07, 6.45) is 0. The van der Waals surface area contributed by atoms with Gasteiger partial charge >= 0.3 is 0 Å². The lowest BCUT2D eigenvalue weighted by Gasteiger charge is -2.11. The molecule has 3 heteroatoms. The van der Waals surface area contributed by atoms with E-state index in [4.69, 9.17) is 4.42 Å². The van der Waals surface area contributed by atoms with E-state index in [0.29, 0.717) is 0 Å². The smallest absolute Gasteiger partial charge is 0.143 e. The molecule has 49 heavy (non-hydrogen) atoms. The Hall–Kier alpha value is -6.58. The fourth-order valence-corrected chi connectivity index (χ4v) is 8.20. The van der Waals surface area contributed by atoms with Crippen molar-refractivity contribution in [2.45, 2.75) is 0 Å². The van der Waals surface area contributed by atoms with Crippen LogP contribution in [0.1, 0.15) is 0 Å². The molecule has 0 unspecified atom stereocenters. The molecule has 0 aliphatic heterocycles. The summed E-state index contributed by atoms with van der Waals surface area (Å²) in [5.41, 5.74) is 11.2. The maximum atomic E-state index is 6.41. The number of nitrogens with zero attached hydrogens (tertiary/aromatic N) is 2. The second-order valence-corrected chi connectivity index (χ2v) is 12.9. The molecule has 0 saturated heterocycles. The van der Waals surface area contributed by atoms with Gasteiger partial charge in [0.2, 0.25) is 0 Å². The Labute approximate surface area is 281 Å². The van der Waals surface area contributed by atoms with Crippen LogP contribution >= 0.6 is 0 Å². The first-order valence-corrected chi connectivity index (χ1v) is 16.8. The average molecular weight is 625 g/mol. The van der Waals surface area contributed by atoms with Crippen LogP contribution in [0.2, 0.25) is 0 Å². The van der Waals surface area contributed by atoms with Crippen molar-refractivity contribution in [3.63, 3.8) is 0 Å². The molecule has 228 valence electrons. The fourth-order valence-electron chi connectivity index (χ4n) is 8.20. The number of furan rings is 1. The highest BCUT2D eigenvalue weighted by molar-refractivity contribution is 6.29.